The second kappa shape index (κ2) is 8.74. The van der Waals surface area contributed by atoms with Crippen molar-refractivity contribution in [3.05, 3.63) is 24.3 Å². The molecular formula is C14H25N3O4S2. The summed E-state index contributed by atoms with van der Waals surface area (Å²) < 4.78 is 49.2. The minimum atomic E-state index is -3.83. The zero-order valence-corrected chi connectivity index (χ0v) is 15.2. The van der Waals surface area contributed by atoms with E-state index in [1.807, 2.05) is 6.92 Å². The van der Waals surface area contributed by atoms with E-state index in [-0.39, 0.29) is 9.79 Å². The molecule has 0 atom stereocenters. The Labute approximate surface area is 139 Å². The molecule has 0 saturated carbocycles. The molecule has 0 fully saturated rings. The normalized spacial score (nSPS) is 12.7. The predicted molar refractivity (Wildman–Crippen MR) is 90.0 cm³/mol. The van der Waals surface area contributed by atoms with E-state index < -0.39 is 20.0 Å². The zero-order valence-electron chi connectivity index (χ0n) is 13.5. The minimum Gasteiger partial charge on any atom is -0.302 e. The van der Waals surface area contributed by atoms with Crippen molar-refractivity contribution < 1.29 is 16.8 Å². The van der Waals surface area contributed by atoms with Crippen molar-refractivity contribution in [2.75, 3.05) is 26.2 Å². The highest BCUT2D eigenvalue weighted by atomic mass is 32.2. The van der Waals surface area contributed by atoms with Gasteiger partial charge in [0.25, 0.3) is 0 Å². The van der Waals surface area contributed by atoms with Gasteiger partial charge in [0.1, 0.15) is 0 Å². The maximum absolute atomic E-state index is 12.2. The van der Waals surface area contributed by atoms with E-state index in [9.17, 15) is 16.8 Å². The van der Waals surface area contributed by atoms with Crippen molar-refractivity contribution in [3.63, 3.8) is 0 Å². The molecule has 0 spiro atoms. The first-order valence-electron chi connectivity index (χ1n) is 7.55. The number of rotatable bonds is 10. The van der Waals surface area contributed by atoms with Crippen LogP contribution in [0, 0.1) is 0 Å². The Morgan fingerprint density at radius 2 is 1.57 bits per heavy atom. The lowest BCUT2D eigenvalue weighted by Crippen LogP contribution is -2.35. The van der Waals surface area contributed by atoms with Gasteiger partial charge in [0.2, 0.25) is 20.0 Å². The smallest absolute Gasteiger partial charge is 0.240 e. The Balaban J connectivity index is 2.65. The Hall–Kier alpha value is -1.00. The molecule has 0 aliphatic carbocycles. The maximum Gasteiger partial charge on any atom is 0.240 e. The fourth-order valence-electron chi connectivity index (χ4n) is 2.04. The van der Waals surface area contributed by atoms with Crippen LogP contribution in [0.5, 0.6) is 0 Å². The highest BCUT2D eigenvalue weighted by molar-refractivity contribution is 7.89. The SMILES string of the molecule is CCCCN(CC)CCNS(=O)(=O)c1ccc(S(N)(=O)=O)cc1. The highest BCUT2D eigenvalue weighted by Gasteiger charge is 2.15. The van der Waals surface area contributed by atoms with Gasteiger partial charge in [-0.1, -0.05) is 20.3 Å². The molecule has 0 aliphatic heterocycles. The number of unbranched alkanes of at least 4 members (excludes halogenated alkanes) is 1. The molecule has 7 nitrogen and oxygen atoms in total. The summed E-state index contributed by atoms with van der Waals surface area (Å²) >= 11 is 0. The first kappa shape index (κ1) is 20.0. The van der Waals surface area contributed by atoms with Gasteiger partial charge in [0, 0.05) is 13.1 Å². The number of nitrogens with one attached hydrogen (secondary N) is 1. The van der Waals surface area contributed by atoms with E-state index >= 15 is 0 Å². The van der Waals surface area contributed by atoms with Gasteiger partial charge in [0.05, 0.1) is 9.79 Å². The Bertz CT molecular complexity index is 685. The monoisotopic (exact) mass is 363 g/mol. The molecule has 1 aromatic rings. The number of nitrogens with two attached hydrogens (primary N) is 1. The lowest BCUT2D eigenvalue weighted by molar-refractivity contribution is 0.288. The Morgan fingerprint density at radius 1 is 1.00 bits per heavy atom. The van der Waals surface area contributed by atoms with Gasteiger partial charge in [0.15, 0.2) is 0 Å². The number of nitrogens with zero attached hydrogens (tertiary/aromatic N) is 1. The number of hydrogen-bond acceptors (Lipinski definition) is 5. The average Bonchev–Trinajstić information content (AvgIpc) is 2.50. The third kappa shape index (κ3) is 6.56. The van der Waals surface area contributed by atoms with E-state index in [0.29, 0.717) is 13.1 Å². The van der Waals surface area contributed by atoms with Gasteiger partial charge < -0.3 is 4.90 Å². The molecule has 23 heavy (non-hydrogen) atoms. The summed E-state index contributed by atoms with van der Waals surface area (Å²) in [6.07, 6.45) is 2.17. The van der Waals surface area contributed by atoms with Gasteiger partial charge in [-0.15, -0.1) is 0 Å². The van der Waals surface area contributed by atoms with E-state index in [0.717, 1.165) is 25.9 Å². The molecule has 3 N–H and O–H groups in total. The highest BCUT2D eigenvalue weighted by Crippen LogP contribution is 2.13. The summed E-state index contributed by atoms with van der Waals surface area (Å²) in [5, 5.41) is 4.99. The van der Waals surface area contributed by atoms with Crippen LogP contribution < -0.4 is 9.86 Å². The van der Waals surface area contributed by atoms with Gasteiger partial charge in [-0.05, 0) is 43.8 Å². The van der Waals surface area contributed by atoms with Crippen LogP contribution in [0.25, 0.3) is 0 Å². The van der Waals surface area contributed by atoms with Gasteiger partial charge in [-0.3, -0.25) is 0 Å². The summed E-state index contributed by atoms with van der Waals surface area (Å²) in [7, 11) is -7.49. The lowest BCUT2D eigenvalue weighted by Gasteiger charge is -2.20. The van der Waals surface area contributed by atoms with E-state index in [1.54, 1.807) is 0 Å². The number of likely N-dealkylation sites (N-methyl/N-ethyl adjacent to an activating group) is 1. The molecule has 0 amide bonds. The average molecular weight is 364 g/mol. The third-order valence-electron chi connectivity index (χ3n) is 3.46. The molecule has 0 unspecified atom stereocenters. The van der Waals surface area contributed by atoms with Gasteiger partial charge in [-0.2, -0.15) is 0 Å². The van der Waals surface area contributed by atoms with Gasteiger partial charge in [-0.25, -0.2) is 26.7 Å². The largest absolute Gasteiger partial charge is 0.302 e. The molecule has 9 heteroatoms. The van der Waals surface area contributed by atoms with Crippen LogP contribution in [0.3, 0.4) is 0 Å². The topological polar surface area (TPSA) is 110 Å². The summed E-state index contributed by atoms with van der Waals surface area (Å²) in [5.74, 6) is 0. The van der Waals surface area contributed by atoms with Crippen LogP contribution in [0.2, 0.25) is 0 Å². The summed E-state index contributed by atoms with van der Waals surface area (Å²) in [5.41, 5.74) is 0. The number of primary sulfonamides is 1. The summed E-state index contributed by atoms with van der Waals surface area (Å²) in [6, 6.07) is 4.83. The van der Waals surface area contributed by atoms with Crippen LogP contribution in [0.1, 0.15) is 26.7 Å². The van der Waals surface area contributed by atoms with E-state index in [1.165, 1.54) is 24.3 Å². The lowest BCUT2D eigenvalue weighted by atomic mass is 10.3. The second-order valence-electron chi connectivity index (χ2n) is 5.20. The van der Waals surface area contributed by atoms with E-state index in [2.05, 4.69) is 16.5 Å². The molecule has 132 valence electrons. The van der Waals surface area contributed by atoms with Crippen molar-refractivity contribution in [1.82, 2.24) is 9.62 Å². The van der Waals surface area contributed by atoms with Crippen molar-refractivity contribution in [1.29, 1.82) is 0 Å². The van der Waals surface area contributed by atoms with Crippen LogP contribution in [-0.2, 0) is 20.0 Å². The quantitative estimate of drug-likeness (QED) is 0.637. The van der Waals surface area contributed by atoms with Crippen LogP contribution in [0.15, 0.2) is 34.1 Å². The molecule has 0 aromatic heterocycles. The summed E-state index contributed by atoms with van der Waals surface area (Å²) in [4.78, 5) is 2.07. The molecule has 0 radical (unpaired) electrons. The van der Waals surface area contributed by atoms with Crippen molar-refractivity contribution >= 4 is 20.0 Å². The Kier molecular flexibility index (Phi) is 7.62. The van der Waals surface area contributed by atoms with Crippen molar-refractivity contribution in [3.8, 4) is 0 Å². The van der Waals surface area contributed by atoms with E-state index in [4.69, 9.17) is 5.14 Å². The van der Waals surface area contributed by atoms with Crippen molar-refractivity contribution in [2.45, 2.75) is 36.5 Å². The number of hydrogen-bond donors (Lipinski definition) is 2. The number of sulfonamides is 2. The molecule has 1 aromatic carbocycles. The van der Waals surface area contributed by atoms with Gasteiger partial charge >= 0.3 is 0 Å². The summed E-state index contributed by atoms with van der Waals surface area (Å²) in [6.45, 7) is 6.89. The first-order chi connectivity index (χ1) is 10.7. The molecule has 0 aliphatic rings. The fraction of sp³-hybridized carbons (Fsp3) is 0.571. The molecular weight excluding hydrogens is 338 g/mol. The van der Waals surface area contributed by atoms with Crippen LogP contribution in [-0.4, -0.2) is 47.9 Å². The minimum absolute atomic E-state index is 0.0153. The molecule has 0 heterocycles. The zero-order chi connectivity index (χ0) is 17.5. The van der Waals surface area contributed by atoms with Crippen LogP contribution in [0.4, 0.5) is 0 Å². The molecule has 0 saturated heterocycles. The van der Waals surface area contributed by atoms with Crippen molar-refractivity contribution in [2.24, 2.45) is 5.14 Å². The maximum atomic E-state index is 12.2. The molecule has 1 rings (SSSR count). The second-order valence-corrected chi connectivity index (χ2v) is 8.53. The standard InChI is InChI=1S/C14H25N3O4S2/c1-3-5-11-17(4-2)12-10-16-23(20,21)14-8-6-13(7-9-14)22(15,18)19/h6-9,16H,3-5,10-12H2,1-2H3,(H2,15,18,19). The molecule has 0 bridgehead atoms. The van der Waals surface area contributed by atoms with Crippen LogP contribution >= 0.6 is 0 Å². The first-order valence-corrected chi connectivity index (χ1v) is 10.6. The fourth-order valence-corrected chi connectivity index (χ4v) is 3.58. The Morgan fingerprint density at radius 3 is 2.04 bits per heavy atom. The number of benzene rings is 1. The predicted octanol–water partition coefficient (Wildman–Crippen LogP) is 0.734. The third-order valence-corrected chi connectivity index (χ3v) is 5.86.